The van der Waals surface area contributed by atoms with Crippen LogP contribution in [0.3, 0.4) is 0 Å². The zero-order valence-corrected chi connectivity index (χ0v) is 16.8. The molecule has 29 heavy (non-hydrogen) atoms. The molecule has 0 amide bonds. The number of esters is 1. The highest BCUT2D eigenvalue weighted by molar-refractivity contribution is 5.77. The molecular weight excluding hydrogens is 374 g/mol. The Morgan fingerprint density at radius 2 is 2.17 bits per heavy atom. The predicted octanol–water partition coefficient (Wildman–Crippen LogP) is 3.52. The lowest BCUT2D eigenvalue weighted by atomic mass is 9.98. The maximum Gasteiger partial charge on any atom is 0.353 e. The number of rotatable bonds is 6. The van der Waals surface area contributed by atoms with E-state index in [-0.39, 0.29) is 29.2 Å². The molecule has 3 rings (SSSR count). The van der Waals surface area contributed by atoms with Gasteiger partial charge in [0.05, 0.1) is 17.4 Å². The van der Waals surface area contributed by atoms with Gasteiger partial charge in [-0.25, -0.2) is 9.97 Å². The molecule has 9 heteroatoms. The molecule has 2 heterocycles. The standard InChI is InChI=1S/C20H25N5O4/c1-4-29-20(26)15-6-5-9-24(11-15)19-17(25(27)28)18(21-12-22-19)23-16-10-13(2)7-8-14(16)3/h7-8,10,12,15H,4-6,9,11H2,1-3H3,(H,21,22,23). The molecule has 2 aromatic rings. The number of aromatic nitrogens is 2. The minimum Gasteiger partial charge on any atom is -0.466 e. The fraction of sp³-hybridized carbons (Fsp3) is 0.450. The first-order valence-corrected chi connectivity index (χ1v) is 9.66. The van der Waals surface area contributed by atoms with Crippen LogP contribution in [0.15, 0.2) is 24.5 Å². The molecule has 1 saturated heterocycles. The van der Waals surface area contributed by atoms with Crippen LogP contribution < -0.4 is 10.2 Å². The van der Waals surface area contributed by atoms with Crippen molar-refractivity contribution in [2.24, 2.45) is 5.92 Å². The van der Waals surface area contributed by atoms with Gasteiger partial charge in [0.1, 0.15) is 6.33 Å². The number of anilines is 3. The Bertz CT molecular complexity index is 918. The zero-order valence-electron chi connectivity index (χ0n) is 16.8. The quantitative estimate of drug-likeness (QED) is 0.446. The number of piperidine rings is 1. The molecule has 1 aromatic heterocycles. The molecular formula is C20H25N5O4. The van der Waals surface area contributed by atoms with Crippen LogP contribution in [0.1, 0.15) is 30.9 Å². The number of nitro groups is 1. The van der Waals surface area contributed by atoms with Crippen LogP contribution in [0.2, 0.25) is 0 Å². The van der Waals surface area contributed by atoms with Gasteiger partial charge in [0.15, 0.2) is 0 Å². The number of nitrogens with zero attached hydrogens (tertiary/aromatic N) is 4. The van der Waals surface area contributed by atoms with Crippen LogP contribution in [-0.2, 0) is 9.53 Å². The third kappa shape index (κ3) is 4.61. The van der Waals surface area contributed by atoms with E-state index >= 15 is 0 Å². The van der Waals surface area contributed by atoms with Crippen LogP contribution in [0.5, 0.6) is 0 Å². The largest absolute Gasteiger partial charge is 0.466 e. The number of hydrogen-bond donors (Lipinski definition) is 1. The van der Waals surface area contributed by atoms with E-state index < -0.39 is 4.92 Å². The van der Waals surface area contributed by atoms with Gasteiger partial charge in [-0.15, -0.1) is 0 Å². The number of ether oxygens (including phenoxy) is 1. The first-order chi connectivity index (χ1) is 13.9. The van der Waals surface area contributed by atoms with Crippen molar-refractivity contribution in [2.45, 2.75) is 33.6 Å². The summed E-state index contributed by atoms with van der Waals surface area (Å²) in [5, 5.41) is 15.0. The van der Waals surface area contributed by atoms with Gasteiger partial charge < -0.3 is 15.0 Å². The molecule has 1 unspecified atom stereocenters. The molecule has 0 aliphatic carbocycles. The topological polar surface area (TPSA) is 110 Å². The average molecular weight is 399 g/mol. The van der Waals surface area contributed by atoms with E-state index in [1.807, 2.05) is 32.0 Å². The van der Waals surface area contributed by atoms with Crippen LogP contribution in [-0.4, -0.2) is 40.6 Å². The van der Waals surface area contributed by atoms with Crippen LogP contribution in [0.4, 0.5) is 23.0 Å². The molecule has 0 spiro atoms. The number of carbonyl (C=O) groups excluding carboxylic acids is 1. The Hall–Kier alpha value is -3.23. The summed E-state index contributed by atoms with van der Waals surface area (Å²) in [6, 6.07) is 5.84. The highest BCUT2D eigenvalue weighted by Gasteiger charge is 2.33. The molecule has 1 aromatic carbocycles. The highest BCUT2D eigenvalue weighted by Crippen LogP contribution is 2.36. The number of aryl methyl sites for hydroxylation is 2. The SMILES string of the molecule is CCOC(=O)C1CCCN(c2ncnc(Nc3cc(C)ccc3C)c2[N+](=O)[O-])C1. The van der Waals surface area contributed by atoms with E-state index in [1.54, 1.807) is 11.8 Å². The summed E-state index contributed by atoms with van der Waals surface area (Å²) < 4.78 is 5.13. The van der Waals surface area contributed by atoms with Crippen molar-refractivity contribution in [3.63, 3.8) is 0 Å². The van der Waals surface area contributed by atoms with Crippen molar-refractivity contribution in [1.82, 2.24) is 9.97 Å². The minimum absolute atomic E-state index is 0.131. The van der Waals surface area contributed by atoms with Gasteiger partial charge in [-0.1, -0.05) is 12.1 Å². The molecule has 1 aliphatic rings. The second kappa shape index (κ2) is 8.85. The smallest absolute Gasteiger partial charge is 0.353 e. The summed E-state index contributed by atoms with van der Waals surface area (Å²) in [6.45, 7) is 6.86. The third-order valence-corrected chi connectivity index (χ3v) is 4.97. The fourth-order valence-electron chi connectivity index (χ4n) is 3.48. The van der Waals surface area contributed by atoms with Gasteiger partial charge in [-0.3, -0.25) is 14.9 Å². The Balaban J connectivity index is 1.94. The van der Waals surface area contributed by atoms with E-state index in [0.29, 0.717) is 26.1 Å². The lowest BCUT2D eigenvalue weighted by Crippen LogP contribution is -2.40. The van der Waals surface area contributed by atoms with Gasteiger partial charge >= 0.3 is 11.7 Å². The summed E-state index contributed by atoms with van der Waals surface area (Å²) in [6.07, 6.45) is 2.73. The van der Waals surface area contributed by atoms with Crippen molar-refractivity contribution in [3.05, 3.63) is 45.8 Å². The van der Waals surface area contributed by atoms with E-state index in [4.69, 9.17) is 4.74 Å². The maximum absolute atomic E-state index is 12.1. The number of carbonyl (C=O) groups is 1. The van der Waals surface area contributed by atoms with Gasteiger partial charge in [0, 0.05) is 18.8 Å². The third-order valence-electron chi connectivity index (χ3n) is 4.97. The molecule has 1 fully saturated rings. The lowest BCUT2D eigenvalue weighted by molar-refractivity contribution is -0.383. The Morgan fingerprint density at radius 3 is 2.90 bits per heavy atom. The van der Waals surface area contributed by atoms with Crippen LogP contribution >= 0.6 is 0 Å². The summed E-state index contributed by atoms with van der Waals surface area (Å²) in [7, 11) is 0. The van der Waals surface area contributed by atoms with Crippen molar-refractivity contribution < 1.29 is 14.5 Å². The summed E-state index contributed by atoms with van der Waals surface area (Å²) in [5.74, 6) is -0.255. The Kier molecular flexibility index (Phi) is 6.26. The molecule has 0 saturated carbocycles. The molecule has 154 valence electrons. The minimum atomic E-state index is -0.475. The average Bonchev–Trinajstić information content (AvgIpc) is 2.70. The molecule has 0 bridgehead atoms. The van der Waals surface area contributed by atoms with Crippen LogP contribution in [0.25, 0.3) is 0 Å². The first-order valence-electron chi connectivity index (χ1n) is 9.66. The fourth-order valence-corrected chi connectivity index (χ4v) is 3.48. The number of benzene rings is 1. The Morgan fingerprint density at radius 1 is 1.38 bits per heavy atom. The van der Waals surface area contributed by atoms with Crippen molar-refractivity contribution >= 4 is 29.0 Å². The zero-order chi connectivity index (χ0) is 21.0. The van der Waals surface area contributed by atoms with E-state index in [2.05, 4.69) is 15.3 Å². The second-order valence-corrected chi connectivity index (χ2v) is 7.13. The van der Waals surface area contributed by atoms with E-state index in [0.717, 1.165) is 23.2 Å². The molecule has 1 atom stereocenters. The monoisotopic (exact) mass is 399 g/mol. The maximum atomic E-state index is 12.1. The van der Waals surface area contributed by atoms with Crippen molar-refractivity contribution in [3.8, 4) is 0 Å². The van der Waals surface area contributed by atoms with Gasteiger partial charge in [0.2, 0.25) is 11.6 Å². The highest BCUT2D eigenvalue weighted by atomic mass is 16.6. The predicted molar refractivity (Wildman–Crippen MR) is 109 cm³/mol. The summed E-state index contributed by atoms with van der Waals surface area (Å²) in [4.78, 5) is 33.7. The van der Waals surface area contributed by atoms with E-state index in [1.165, 1.54) is 6.33 Å². The number of nitrogens with one attached hydrogen (secondary N) is 1. The molecule has 1 aliphatic heterocycles. The van der Waals surface area contributed by atoms with Gasteiger partial charge in [-0.05, 0) is 50.8 Å². The molecule has 0 radical (unpaired) electrons. The number of hydrogen-bond acceptors (Lipinski definition) is 8. The van der Waals surface area contributed by atoms with Gasteiger partial charge in [0.25, 0.3) is 0 Å². The molecule has 9 nitrogen and oxygen atoms in total. The molecule has 1 N–H and O–H groups in total. The van der Waals surface area contributed by atoms with Gasteiger partial charge in [-0.2, -0.15) is 0 Å². The lowest BCUT2D eigenvalue weighted by Gasteiger charge is -2.32. The van der Waals surface area contributed by atoms with Crippen molar-refractivity contribution in [1.29, 1.82) is 0 Å². The second-order valence-electron chi connectivity index (χ2n) is 7.13. The summed E-state index contributed by atoms with van der Waals surface area (Å²) >= 11 is 0. The van der Waals surface area contributed by atoms with E-state index in [9.17, 15) is 14.9 Å². The normalized spacial score (nSPS) is 16.4. The van der Waals surface area contributed by atoms with Crippen molar-refractivity contribution in [2.75, 3.05) is 29.9 Å². The first kappa shape index (κ1) is 20.5. The summed E-state index contributed by atoms with van der Waals surface area (Å²) in [5.41, 5.74) is 2.53. The van der Waals surface area contributed by atoms with Crippen LogP contribution in [0, 0.1) is 29.9 Å². The Labute approximate surface area is 169 Å².